The lowest BCUT2D eigenvalue weighted by Crippen LogP contribution is -2.37. The second kappa shape index (κ2) is 6.58. The molecular formula is C15H24ClN3. The fourth-order valence-corrected chi connectivity index (χ4v) is 2.41. The second-order valence-corrected chi connectivity index (χ2v) is 6.23. The first kappa shape index (κ1) is 14.6. The molecule has 1 aromatic rings. The Bertz CT molecular complexity index is 416. The smallest absolute Gasteiger partial charge is 0.128 e. The Morgan fingerprint density at radius 3 is 2.74 bits per heavy atom. The van der Waals surface area contributed by atoms with Crippen LogP contribution in [0.4, 0.5) is 5.82 Å². The molecule has 0 bridgehead atoms. The highest BCUT2D eigenvalue weighted by Gasteiger charge is 2.23. The van der Waals surface area contributed by atoms with Crippen molar-refractivity contribution in [3.63, 3.8) is 0 Å². The summed E-state index contributed by atoms with van der Waals surface area (Å²) in [5, 5.41) is 4.15. The van der Waals surface area contributed by atoms with E-state index in [0.717, 1.165) is 29.6 Å². The van der Waals surface area contributed by atoms with Gasteiger partial charge in [-0.3, -0.25) is 0 Å². The number of rotatable bonds is 6. The van der Waals surface area contributed by atoms with Gasteiger partial charge in [0.25, 0.3) is 0 Å². The summed E-state index contributed by atoms with van der Waals surface area (Å²) in [5.74, 6) is 1.68. The highest BCUT2D eigenvalue weighted by atomic mass is 35.5. The van der Waals surface area contributed by atoms with Crippen LogP contribution in [0.1, 0.15) is 38.8 Å². The summed E-state index contributed by atoms with van der Waals surface area (Å²) in [4.78, 5) is 6.99. The van der Waals surface area contributed by atoms with Crippen LogP contribution in [0.25, 0.3) is 0 Å². The van der Waals surface area contributed by atoms with Crippen LogP contribution >= 0.6 is 11.6 Å². The van der Waals surface area contributed by atoms with E-state index in [4.69, 9.17) is 16.6 Å². The van der Waals surface area contributed by atoms with E-state index in [2.05, 4.69) is 31.1 Å². The van der Waals surface area contributed by atoms with Crippen LogP contribution in [-0.2, 0) is 6.54 Å². The Balaban J connectivity index is 2.01. The van der Waals surface area contributed by atoms with E-state index in [9.17, 15) is 0 Å². The predicted octanol–water partition coefficient (Wildman–Crippen LogP) is 3.47. The molecule has 0 saturated heterocycles. The standard InChI is InChI=1S/C15H24ClN3/c1-11(2)9-17-10-14-13(16)7-8-15(18-14)19(3)12-5-4-6-12/h7-8,11-12,17H,4-6,9-10H2,1-3H3. The fraction of sp³-hybridized carbons (Fsp3) is 0.667. The van der Waals surface area contributed by atoms with E-state index in [1.54, 1.807) is 0 Å². The maximum atomic E-state index is 6.22. The normalized spacial score (nSPS) is 15.6. The van der Waals surface area contributed by atoms with Crippen molar-refractivity contribution < 1.29 is 0 Å². The van der Waals surface area contributed by atoms with E-state index in [1.165, 1.54) is 19.3 Å². The third-order valence-corrected chi connectivity index (χ3v) is 4.08. The molecule has 4 heteroatoms. The Morgan fingerprint density at radius 1 is 1.42 bits per heavy atom. The third-order valence-electron chi connectivity index (χ3n) is 3.73. The number of hydrogen-bond acceptors (Lipinski definition) is 3. The van der Waals surface area contributed by atoms with E-state index in [1.807, 2.05) is 12.1 Å². The lowest BCUT2D eigenvalue weighted by molar-refractivity contribution is 0.399. The Labute approximate surface area is 121 Å². The molecule has 1 aliphatic carbocycles. The summed E-state index contributed by atoms with van der Waals surface area (Å²) in [5.41, 5.74) is 0.950. The summed E-state index contributed by atoms with van der Waals surface area (Å²) in [7, 11) is 2.13. The Hall–Kier alpha value is -0.800. The minimum absolute atomic E-state index is 0.639. The van der Waals surface area contributed by atoms with Crippen LogP contribution in [0, 0.1) is 5.92 Å². The topological polar surface area (TPSA) is 28.2 Å². The average molecular weight is 282 g/mol. The first-order valence-electron chi connectivity index (χ1n) is 7.17. The molecule has 0 spiro atoms. The van der Waals surface area contributed by atoms with Crippen molar-refractivity contribution in [1.29, 1.82) is 0 Å². The number of nitrogens with zero attached hydrogens (tertiary/aromatic N) is 2. The molecular weight excluding hydrogens is 258 g/mol. The van der Waals surface area contributed by atoms with Crippen molar-refractivity contribution in [1.82, 2.24) is 10.3 Å². The molecule has 2 rings (SSSR count). The molecule has 106 valence electrons. The van der Waals surface area contributed by atoms with E-state index >= 15 is 0 Å². The molecule has 1 aliphatic rings. The van der Waals surface area contributed by atoms with Gasteiger partial charge in [-0.2, -0.15) is 0 Å². The van der Waals surface area contributed by atoms with Crippen LogP contribution in [0.3, 0.4) is 0 Å². The van der Waals surface area contributed by atoms with Gasteiger partial charge in [0.15, 0.2) is 0 Å². The van der Waals surface area contributed by atoms with Gasteiger partial charge in [0, 0.05) is 19.6 Å². The number of aromatic nitrogens is 1. The van der Waals surface area contributed by atoms with Crippen LogP contribution in [-0.4, -0.2) is 24.6 Å². The number of anilines is 1. The van der Waals surface area contributed by atoms with E-state index in [0.29, 0.717) is 12.0 Å². The minimum atomic E-state index is 0.639. The van der Waals surface area contributed by atoms with Crippen LogP contribution in [0.2, 0.25) is 5.02 Å². The summed E-state index contributed by atoms with van der Waals surface area (Å²) in [6.45, 7) is 6.12. The molecule has 0 atom stereocenters. The van der Waals surface area contributed by atoms with Gasteiger partial charge >= 0.3 is 0 Å². The molecule has 19 heavy (non-hydrogen) atoms. The first-order chi connectivity index (χ1) is 9.08. The zero-order valence-corrected chi connectivity index (χ0v) is 12.9. The van der Waals surface area contributed by atoms with Crippen molar-refractivity contribution >= 4 is 17.4 Å². The number of halogens is 1. The fourth-order valence-electron chi connectivity index (χ4n) is 2.23. The molecule has 1 saturated carbocycles. The molecule has 0 aliphatic heterocycles. The SMILES string of the molecule is CC(C)CNCc1nc(N(C)C2CCC2)ccc1Cl. The minimum Gasteiger partial charge on any atom is -0.357 e. The van der Waals surface area contributed by atoms with E-state index < -0.39 is 0 Å². The summed E-state index contributed by atoms with van der Waals surface area (Å²) in [6, 6.07) is 4.64. The Kier molecular flexibility index (Phi) is 5.06. The van der Waals surface area contributed by atoms with Crippen LogP contribution < -0.4 is 10.2 Å². The van der Waals surface area contributed by atoms with Gasteiger partial charge in [-0.05, 0) is 43.9 Å². The molecule has 0 unspecified atom stereocenters. The van der Waals surface area contributed by atoms with Gasteiger partial charge in [-0.1, -0.05) is 25.4 Å². The number of pyridine rings is 1. The van der Waals surface area contributed by atoms with Gasteiger partial charge in [-0.15, -0.1) is 0 Å². The maximum absolute atomic E-state index is 6.22. The Morgan fingerprint density at radius 2 is 2.16 bits per heavy atom. The van der Waals surface area contributed by atoms with Crippen molar-refractivity contribution in [2.75, 3.05) is 18.5 Å². The zero-order valence-electron chi connectivity index (χ0n) is 12.1. The van der Waals surface area contributed by atoms with Gasteiger partial charge in [0.1, 0.15) is 5.82 Å². The largest absolute Gasteiger partial charge is 0.357 e. The first-order valence-corrected chi connectivity index (χ1v) is 7.54. The zero-order chi connectivity index (χ0) is 13.8. The highest BCUT2D eigenvalue weighted by Crippen LogP contribution is 2.28. The second-order valence-electron chi connectivity index (χ2n) is 5.82. The predicted molar refractivity (Wildman–Crippen MR) is 81.8 cm³/mol. The maximum Gasteiger partial charge on any atom is 0.128 e. The van der Waals surface area contributed by atoms with Gasteiger partial charge in [0.2, 0.25) is 0 Å². The van der Waals surface area contributed by atoms with Gasteiger partial charge < -0.3 is 10.2 Å². The van der Waals surface area contributed by atoms with Crippen LogP contribution in [0.5, 0.6) is 0 Å². The summed E-state index contributed by atoms with van der Waals surface area (Å²) >= 11 is 6.22. The van der Waals surface area contributed by atoms with Gasteiger partial charge in [0.05, 0.1) is 10.7 Å². The lowest BCUT2D eigenvalue weighted by Gasteiger charge is -2.35. The van der Waals surface area contributed by atoms with E-state index in [-0.39, 0.29) is 0 Å². The van der Waals surface area contributed by atoms with Gasteiger partial charge in [-0.25, -0.2) is 4.98 Å². The monoisotopic (exact) mass is 281 g/mol. The number of nitrogens with one attached hydrogen (secondary N) is 1. The van der Waals surface area contributed by atoms with Crippen molar-refractivity contribution in [2.24, 2.45) is 5.92 Å². The molecule has 3 nitrogen and oxygen atoms in total. The molecule has 1 N–H and O–H groups in total. The summed E-state index contributed by atoms with van der Waals surface area (Å²) in [6.07, 6.45) is 3.90. The molecule has 1 heterocycles. The third kappa shape index (κ3) is 3.83. The average Bonchev–Trinajstić information content (AvgIpc) is 2.28. The van der Waals surface area contributed by atoms with Crippen molar-refractivity contribution in [3.8, 4) is 0 Å². The molecule has 0 aromatic carbocycles. The summed E-state index contributed by atoms with van der Waals surface area (Å²) < 4.78 is 0. The highest BCUT2D eigenvalue weighted by molar-refractivity contribution is 6.31. The molecule has 1 fully saturated rings. The lowest BCUT2D eigenvalue weighted by atomic mass is 9.92. The number of hydrogen-bond donors (Lipinski definition) is 1. The molecule has 1 aromatic heterocycles. The molecule has 0 radical (unpaired) electrons. The van der Waals surface area contributed by atoms with Crippen molar-refractivity contribution in [3.05, 3.63) is 22.8 Å². The quantitative estimate of drug-likeness (QED) is 0.865. The van der Waals surface area contributed by atoms with Crippen LogP contribution in [0.15, 0.2) is 12.1 Å². The molecule has 0 amide bonds. The van der Waals surface area contributed by atoms with Crippen molar-refractivity contribution in [2.45, 2.75) is 45.7 Å².